The number of hydrogen-bond donors (Lipinski definition) is 4. The number of carbonyl (C=O) groups is 3. The Morgan fingerprint density at radius 2 is 1.78 bits per heavy atom. The van der Waals surface area contributed by atoms with E-state index in [4.69, 9.17) is 4.98 Å². The molecular weight excluding hydrogens is 536 g/mol. The fraction of sp³-hybridized carbons (Fsp3) is 0.677. The topological polar surface area (TPSA) is 115 Å². The lowest BCUT2D eigenvalue weighted by Gasteiger charge is -2.33. The molecule has 4 N–H and O–H groups in total. The molecule has 0 radical (unpaired) electrons. The van der Waals surface area contributed by atoms with Crippen molar-refractivity contribution in [3.8, 4) is 0 Å². The molecule has 1 saturated heterocycles. The van der Waals surface area contributed by atoms with Gasteiger partial charge in [-0.05, 0) is 75.4 Å². The van der Waals surface area contributed by atoms with E-state index in [1.807, 2.05) is 6.07 Å². The van der Waals surface area contributed by atoms with Gasteiger partial charge in [-0.15, -0.1) is 11.3 Å². The quantitative estimate of drug-likeness (QED) is 0.314. The number of likely N-dealkylation sites (tertiary alicyclic amines) is 1. The lowest BCUT2D eigenvalue weighted by Crippen LogP contribution is -2.56. The van der Waals surface area contributed by atoms with Gasteiger partial charge in [0.1, 0.15) is 6.04 Å². The number of nitrogens with one attached hydrogen (secondary N) is 4. The predicted molar refractivity (Wildman–Crippen MR) is 165 cm³/mol. The van der Waals surface area contributed by atoms with Gasteiger partial charge in [0.05, 0.1) is 15.2 Å². The van der Waals surface area contributed by atoms with Gasteiger partial charge in [0.15, 0.2) is 0 Å². The van der Waals surface area contributed by atoms with Gasteiger partial charge >= 0.3 is 6.03 Å². The van der Waals surface area contributed by atoms with Crippen molar-refractivity contribution in [3.63, 3.8) is 0 Å². The van der Waals surface area contributed by atoms with Gasteiger partial charge in [0, 0.05) is 31.5 Å². The second-order valence-electron chi connectivity index (χ2n) is 12.1. The molecule has 1 aromatic heterocycles. The molecule has 1 aliphatic heterocycles. The molecule has 10 heteroatoms. The summed E-state index contributed by atoms with van der Waals surface area (Å²) in [5, 5.41) is 13.1. The summed E-state index contributed by atoms with van der Waals surface area (Å²) in [7, 11) is 2.10. The Bertz CT molecular complexity index is 1170. The Morgan fingerprint density at radius 3 is 2.46 bits per heavy atom. The second-order valence-corrected chi connectivity index (χ2v) is 13.2. The first kappa shape index (κ1) is 31.2. The Kier molecular flexibility index (Phi) is 11.4. The van der Waals surface area contributed by atoms with Crippen LogP contribution in [0.25, 0.3) is 10.2 Å². The highest BCUT2D eigenvalue weighted by Crippen LogP contribution is 2.28. The summed E-state index contributed by atoms with van der Waals surface area (Å²) in [6.07, 6.45) is 7.99. The number of benzene rings is 1. The molecule has 2 aliphatic rings. The van der Waals surface area contributed by atoms with Crippen LogP contribution in [-0.4, -0.2) is 72.5 Å². The number of nitrogens with zero attached hydrogens (tertiary/aromatic N) is 2. The number of aromatic nitrogens is 1. The van der Waals surface area contributed by atoms with Crippen molar-refractivity contribution in [1.29, 1.82) is 0 Å². The maximum absolute atomic E-state index is 13.7. The van der Waals surface area contributed by atoms with Crippen LogP contribution in [0.15, 0.2) is 18.2 Å². The molecular formula is C31H48N6O3S. The van der Waals surface area contributed by atoms with E-state index in [9.17, 15) is 14.4 Å². The molecule has 2 atom stereocenters. The summed E-state index contributed by atoms with van der Waals surface area (Å²) in [6.45, 7) is 8.43. The number of hydrogen-bond acceptors (Lipinski definition) is 6. The first-order chi connectivity index (χ1) is 19.7. The zero-order valence-electron chi connectivity index (χ0n) is 25.1. The van der Waals surface area contributed by atoms with Gasteiger partial charge in [0.2, 0.25) is 11.8 Å². The molecule has 9 nitrogen and oxygen atoms in total. The van der Waals surface area contributed by atoms with E-state index in [0.29, 0.717) is 25.3 Å². The number of thiazole rings is 1. The number of urea groups is 1. The first-order valence-electron chi connectivity index (χ1n) is 15.4. The molecule has 0 bridgehead atoms. The summed E-state index contributed by atoms with van der Waals surface area (Å²) >= 11 is 1.58. The monoisotopic (exact) mass is 584 g/mol. The highest BCUT2D eigenvalue weighted by atomic mass is 32.1. The van der Waals surface area contributed by atoms with Gasteiger partial charge in [-0.1, -0.05) is 46.1 Å². The number of piperidine rings is 1. The van der Waals surface area contributed by atoms with E-state index in [0.717, 1.165) is 66.8 Å². The maximum atomic E-state index is 13.7. The van der Waals surface area contributed by atoms with E-state index < -0.39 is 6.04 Å². The third-order valence-electron chi connectivity index (χ3n) is 8.56. The smallest absolute Gasteiger partial charge is 0.315 e. The molecule has 4 amide bonds. The molecule has 0 unspecified atom stereocenters. The van der Waals surface area contributed by atoms with E-state index in [1.165, 1.54) is 12.0 Å². The molecule has 1 aromatic carbocycles. The highest BCUT2D eigenvalue weighted by Gasteiger charge is 2.30. The normalized spacial score (nSPS) is 18.7. The Labute approximate surface area is 248 Å². The average Bonchev–Trinajstić information content (AvgIpc) is 3.38. The van der Waals surface area contributed by atoms with Crippen LogP contribution in [0.3, 0.4) is 0 Å². The van der Waals surface area contributed by atoms with Crippen LogP contribution in [0, 0.1) is 5.92 Å². The van der Waals surface area contributed by atoms with E-state index in [1.54, 1.807) is 18.3 Å². The standard InChI is InChI=1S/C31H48N6O3S/c1-5-28(38)34-25(18-29-35-24-12-11-22(20(2)3)17-27(24)41-29)30(39)36-26(21-9-7-6-8-10-21)19-32-31(40)33-23-13-15-37(4)16-14-23/h11-12,17,20-21,23,25-26H,5-10,13-16,18-19H2,1-4H3,(H,34,38)(H,36,39)(H2,32,33,40)/t25-,26+/m0/s1. The first-order valence-corrected chi connectivity index (χ1v) is 16.3. The van der Waals surface area contributed by atoms with E-state index in [2.05, 4.69) is 59.2 Å². The third-order valence-corrected chi connectivity index (χ3v) is 9.60. The van der Waals surface area contributed by atoms with Crippen LogP contribution in [0.1, 0.15) is 88.6 Å². The zero-order valence-corrected chi connectivity index (χ0v) is 25.9. The molecule has 1 saturated carbocycles. The van der Waals surface area contributed by atoms with Crippen molar-refractivity contribution in [3.05, 3.63) is 28.8 Å². The van der Waals surface area contributed by atoms with Gasteiger partial charge < -0.3 is 26.2 Å². The molecule has 226 valence electrons. The third kappa shape index (κ3) is 9.13. The van der Waals surface area contributed by atoms with Crippen LogP contribution in [0.5, 0.6) is 0 Å². The number of fused-ring (bicyclic) bond motifs is 1. The highest BCUT2D eigenvalue weighted by molar-refractivity contribution is 7.18. The van der Waals surface area contributed by atoms with Gasteiger partial charge in [0.25, 0.3) is 0 Å². The fourth-order valence-electron chi connectivity index (χ4n) is 5.86. The van der Waals surface area contributed by atoms with Crippen molar-refractivity contribution in [1.82, 2.24) is 31.2 Å². The maximum Gasteiger partial charge on any atom is 0.315 e. The molecule has 2 aromatic rings. The minimum Gasteiger partial charge on any atom is -0.350 e. The zero-order chi connectivity index (χ0) is 29.4. The Balaban J connectivity index is 1.43. The summed E-state index contributed by atoms with van der Waals surface area (Å²) in [5.74, 6) is 0.320. The number of carbonyl (C=O) groups excluding carboxylic acids is 3. The number of amides is 4. The van der Waals surface area contributed by atoms with Crippen molar-refractivity contribution >= 4 is 39.4 Å². The van der Waals surface area contributed by atoms with Gasteiger partial charge in [-0.2, -0.15) is 0 Å². The van der Waals surface area contributed by atoms with Crippen LogP contribution < -0.4 is 21.3 Å². The fourth-order valence-corrected chi connectivity index (χ4v) is 6.92. The largest absolute Gasteiger partial charge is 0.350 e. The number of rotatable bonds is 11. The van der Waals surface area contributed by atoms with Crippen molar-refractivity contribution in [2.24, 2.45) is 5.92 Å². The lowest BCUT2D eigenvalue weighted by molar-refractivity contribution is -0.129. The van der Waals surface area contributed by atoms with Gasteiger partial charge in [-0.3, -0.25) is 9.59 Å². The van der Waals surface area contributed by atoms with Crippen molar-refractivity contribution in [2.45, 2.75) is 103 Å². The minimum atomic E-state index is -0.730. The van der Waals surface area contributed by atoms with Crippen LogP contribution >= 0.6 is 11.3 Å². The summed E-state index contributed by atoms with van der Waals surface area (Å²) in [6, 6.07) is 5.37. The van der Waals surface area contributed by atoms with Crippen LogP contribution in [0.2, 0.25) is 0 Å². The van der Waals surface area contributed by atoms with E-state index >= 15 is 0 Å². The van der Waals surface area contributed by atoms with Crippen molar-refractivity contribution in [2.75, 3.05) is 26.7 Å². The summed E-state index contributed by atoms with van der Waals surface area (Å²) in [4.78, 5) is 46.0. The molecule has 2 heterocycles. The SMILES string of the molecule is CCC(=O)N[C@@H](Cc1nc2ccc(C(C)C)cc2s1)C(=O)N[C@H](CNC(=O)NC1CCN(C)CC1)C1CCCCC1. The predicted octanol–water partition coefficient (Wildman–Crippen LogP) is 4.32. The van der Waals surface area contributed by atoms with Crippen LogP contribution in [-0.2, 0) is 16.0 Å². The van der Waals surface area contributed by atoms with E-state index in [-0.39, 0.29) is 35.8 Å². The second kappa shape index (κ2) is 15.0. The molecule has 1 aliphatic carbocycles. The minimum absolute atomic E-state index is 0.168. The Hall–Kier alpha value is -2.72. The molecule has 4 rings (SSSR count). The summed E-state index contributed by atoms with van der Waals surface area (Å²) in [5.41, 5.74) is 2.17. The molecule has 0 spiro atoms. The molecule has 2 fully saturated rings. The summed E-state index contributed by atoms with van der Waals surface area (Å²) < 4.78 is 1.09. The van der Waals surface area contributed by atoms with Crippen LogP contribution in [0.4, 0.5) is 4.79 Å². The van der Waals surface area contributed by atoms with Crippen molar-refractivity contribution < 1.29 is 14.4 Å². The average molecular weight is 585 g/mol. The molecule has 41 heavy (non-hydrogen) atoms. The Morgan fingerprint density at radius 1 is 1.05 bits per heavy atom. The lowest BCUT2D eigenvalue weighted by atomic mass is 9.83. The van der Waals surface area contributed by atoms with Gasteiger partial charge in [-0.25, -0.2) is 9.78 Å².